The average Bonchev–Trinajstić information content (AvgIpc) is 3.09. The highest BCUT2D eigenvalue weighted by atomic mass is 14.9. The monoisotopic (exact) mass is 443 g/mol. The number of benzene rings is 4. The molecule has 0 fully saturated rings. The quantitative estimate of drug-likeness (QED) is 0.247. The maximum absolute atomic E-state index is 3.81. The number of hydrogen-bond acceptors (Lipinski definition) is 1. The topological polar surface area (TPSA) is 12.0 Å². The Morgan fingerprint density at radius 1 is 0.500 bits per heavy atom. The zero-order chi connectivity index (χ0) is 23.9. The molecule has 1 heterocycles. The highest BCUT2D eigenvalue weighted by Gasteiger charge is 2.50. The maximum atomic E-state index is 3.81. The lowest BCUT2D eigenvalue weighted by Gasteiger charge is -2.42. The van der Waals surface area contributed by atoms with Gasteiger partial charge in [-0.25, -0.2) is 0 Å². The van der Waals surface area contributed by atoms with Crippen molar-refractivity contribution >= 4 is 11.4 Å². The summed E-state index contributed by atoms with van der Waals surface area (Å²) in [7, 11) is 0. The molecule has 0 aromatic heterocycles. The van der Waals surface area contributed by atoms with Crippen LogP contribution >= 0.6 is 0 Å². The van der Waals surface area contributed by atoms with E-state index >= 15 is 0 Å². The molecular formula is C33H33N. The van der Waals surface area contributed by atoms with Crippen molar-refractivity contribution in [3.05, 3.63) is 118 Å². The first-order valence-electron chi connectivity index (χ1n) is 12.4. The van der Waals surface area contributed by atoms with Crippen molar-refractivity contribution in [2.75, 3.05) is 5.32 Å². The summed E-state index contributed by atoms with van der Waals surface area (Å²) in [5.74, 6) is 0. The highest BCUT2D eigenvalue weighted by Crippen LogP contribution is 2.61. The van der Waals surface area contributed by atoms with Gasteiger partial charge < -0.3 is 5.32 Å². The Morgan fingerprint density at radius 2 is 0.912 bits per heavy atom. The first-order chi connectivity index (χ1) is 16.1. The minimum Gasteiger partial charge on any atom is -0.355 e. The van der Waals surface area contributed by atoms with Crippen LogP contribution in [0, 0.1) is 0 Å². The van der Waals surface area contributed by atoms with E-state index in [9.17, 15) is 0 Å². The van der Waals surface area contributed by atoms with E-state index in [1.165, 1.54) is 55.9 Å². The van der Waals surface area contributed by atoms with Gasteiger partial charge in [-0.2, -0.15) is 0 Å². The van der Waals surface area contributed by atoms with Crippen LogP contribution in [0.2, 0.25) is 0 Å². The SMILES string of the molecule is CC(C)(C)c1ccc2c(c1)C1(c3cc(C(C)(C)C)ccc3N2)c2ccccc2-c2ccccc21. The van der Waals surface area contributed by atoms with Gasteiger partial charge in [-0.05, 0) is 67.5 Å². The van der Waals surface area contributed by atoms with Crippen LogP contribution in [0.5, 0.6) is 0 Å². The summed E-state index contributed by atoms with van der Waals surface area (Å²) in [4.78, 5) is 0. The Balaban J connectivity index is 1.80. The van der Waals surface area contributed by atoms with Crippen LogP contribution in [0.4, 0.5) is 11.4 Å². The van der Waals surface area contributed by atoms with Crippen LogP contribution in [-0.2, 0) is 16.2 Å². The summed E-state index contributed by atoms with van der Waals surface area (Å²) >= 11 is 0. The largest absolute Gasteiger partial charge is 0.355 e. The summed E-state index contributed by atoms with van der Waals surface area (Å²) in [5, 5.41) is 3.81. The molecule has 1 N–H and O–H groups in total. The normalized spacial score (nSPS) is 15.2. The van der Waals surface area contributed by atoms with E-state index in [1.807, 2.05) is 0 Å². The Labute approximate surface area is 203 Å². The van der Waals surface area contributed by atoms with Gasteiger partial charge >= 0.3 is 0 Å². The first kappa shape index (κ1) is 21.2. The first-order valence-corrected chi connectivity index (χ1v) is 12.4. The average molecular weight is 444 g/mol. The lowest BCUT2D eigenvalue weighted by Crippen LogP contribution is -2.34. The van der Waals surface area contributed by atoms with Gasteiger partial charge in [-0.3, -0.25) is 0 Å². The van der Waals surface area contributed by atoms with Crippen molar-refractivity contribution in [2.24, 2.45) is 0 Å². The molecule has 4 aromatic carbocycles. The van der Waals surface area contributed by atoms with Crippen LogP contribution in [0.3, 0.4) is 0 Å². The Kier molecular flexibility index (Phi) is 4.28. The Hall–Kier alpha value is -3.32. The van der Waals surface area contributed by atoms with Gasteiger partial charge in [0.2, 0.25) is 0 Å². The third-order valence-electron chi connectivity index (χ3n) is 7.80. The molecule has 1 spiro atoms. The molecule has 4 aromatic rings. The van der Waals surface area contributed by atoms with Gasteiger partial charge in [0.05, 0.1) is 5.41 Å². The molecule has 0 amide bonds. The van der Waals surface area contributed by atoms with Gasteiger partial charge in [0.15, 0.2) is 0 Å². The van der Waals surface area contributed by atoms with Gasteiger partial charge in [0, 0.05) is 11.4 Å². The fourth-order valence-electron chi connectivity index (χ4n) is 5.97. The second-order valence-corrected chi connectivity index (χ2v) is 12.0. The molecule has 170 valence electrons. The number of rotatable bonds is 0. The molecule has 2 aliphatic rings. The zero-order valence-electron chi connectivity index (χ0n) is 21.1. The van der Waals surface area contributed by atoms with Crippen molar-refractivity contribution in [1.82, 2.24) is 0 Å². The van der Waals surface area contributed by atoms with Crippen LogP contribution in [0.15, 0.2) is 84.9 Å². The molecule has 1 aliphatic heterocycles. The molecule has 1 aliphatic carbocycles. The fraction of sp³-hybridized carbons (Fsp3) is 0.273. The highest BCUT2D eigenvalue weighted by molar-refractivity contribution is 5.92. The summed E-state index contributed by atoms with van der Waals surface area (Å²) in [6, 6.07) is 32.2. The third-order valence-corrected chi connectivity index (χ3v) is 7.80. The lowest BCUT2D eigenvalue weighted by atomic mass is 9.63. The smallest absolute Gasteiger partial charge is 0.0754 e. The van der Waals surface area contributed by atoms with Crippen LogP contribution in [0.1, 0.15) is 74.9 Å². The Morgan fingerprint density at radius 3 is 1.32 bits per heavy atom. The van der Waals surface area contributed by atoms with E-state index in [1.54, 1.807) is 0 Å². The van der Waals surface area contributed by atoms with Crippen molar-refractivity contribution in [3.63, 3.8) is 0 Å². The number of anilines is 2. The van der Waals surface area contributed by atoms with Gasteiger partial charge in [0.25, 0.3) is 0 Å². The fourth-order valence-corrected chi connectivity index (χ4v) is 5.97. The lowest BCUT2D eigenvalue weighted by molar-refractivity contribution is 0.584. The standard InChI is InChI=1S/C33H33N/c1-31(2,3)21-15-17-29-27(19-21)33(28-20-22(32(4,5)6)16-18-30(28)34-29)25-13-9-7-11-23(25)24-12-8-10-14-26(24)33/h7-20,34H,1-6H3. The molecule has 34 heavy (non-hydrogen) atoms. The number of hydrogen-bond donors (Lipinski definition) is 1. The Bertz CT molecular complexity index is 1330. The zero-order valence-corrected chi connectivity index (χ0v) is 21.1. The minimum atomic E-state index is -0.342. The molecule has 0 saturated heterocycles. The van der Waals surface area contributed by atoms with Crippen LogP contribution in [-0.4, -0.2) is 0 Å². The summed E-state index contributed by atoms with van der Waals surface area (Å²) < 4.78 is 0. The number of nitrogens with one attached hydrogen (secondary N) is 1. The predicted octanol–water partition coefficient (Wildman–Crippen LogP) is 8.70. The molecule has 0 bridgehead atoms. The van der Waals surface area contributed by atoms with E-state index in [0.29, 0.717) is 0 Å². The van der Waals surface area contributed by atoms with E-state index in [2.05, 4.69) is 132 Å². The van der Waals surface area contributed by atoms with Gasteiger partial charge in [-0.1, -0.05) is 114 Å². The molecule has 1 heteroatoms. The molecule has 0 saturated carbocycles. The predicted molar refractivity (Wildman–Crippen MR) is 144 cm³/mol. The second-order valence-electron chi connectivity index (χ2n) is 12.0. The maximum Gasteiger partial charge on any atom is 0.0754 e. The van der Waals surface area contributed by atoms with Crippen molar-refractivity contribution in [2.45, 2.75) is 57.8 Å². The molecule has 0 atom stereocenters. The summed E-state index contributed by atoms with van der Waals surface area (Å²) in [6.07, 6.45) is 0. The van der Waals surface area contributed by atoms with E-state index in [-0.39, 0.29) is 16.2 Å². The van der Waals surface area contributed by atoms with E-state index < -0.39 is 0 Å². The van der Waals surface area contributed by atoms with Crippen molar-refractivity contribution < 1.29 is 0 Å². The van der Waals surface area contributed by atoms with E-state index in [4.69, 9.17) is 0 Å². The minimum absolute atomic E-state index is 0.0708. The van der Waals surface area contributed by atoms with E-state index in [0.717, 1.165) is 0 Å². The summed E-state index contributed by atoms with van der Waals surface area (Å²) in [5.41, 5.74) is 13.1. The second kappa shape index (κ2) is 6.85. The molecule has 0 radical (unpaired) electrons. The molecule has 6 rings (SSSR count). The van der Waals surface area contributed by atoms with Gasteiger partial charge in [0.1, 0.15) is 0 Å². The van der Waals surface area contributed by atoms with Crippen LogP contribution in [0.25, 0.3) is 11.1 Å². The van der Waals surface area contributed by atoms with Crippen LogP contribution < -0.4 is 5.32 Å². The van der Waals surface area contributed by atoms with Crippen molar-refractivity contribution in [1.29, 1.82) is 0 Å². The van der Waals surface area contributed by atoms with Crippen molar-refractivity contribution in [3.8, 4) is 11.1 Å². The molecular weight excluding hydrogens is 410 g/mol. The molecule has 0 unspecified atom stereocenters. The molecule has 1 nitrogen and oxygen atoms in total. The van der Waals surface area contributed by atoms with Gasteiger partial charge in [-0.15, -0.1) is 0 Å². The summed E-state index contributed by atoms with van der Waals surface area (Å²) in [6.45, 7) is 13.8. The number of fused-ring (bicyclic) bond motifs is 9. The third kappa shape index (κ3) is 2.79.